The highest BCUT2D eigenvalue weighted by atomic mass is 32.2. The second kappa shape index (κ2) is 4.99. The molecule has 1 aromatic rings. The molecule has 1 aromatic carbocycles. The predicted molar refractivity (Wildman–Crippen MR) is 65.5 cm³/mol. The van der Waals surface area contributed by atoms with Crippen molar-refractivity contribution < 1.29 is 9.53 Å². The van der Waals surface area contributed by atoms with Gasteiger partial charge in [0, 0.05) is 17.5 Å². The Bertz CT molecular complexity index is 451. The van der Waals surface area contributed by atoms with Crippen molar-refractivity contribution in [1.82, 2.24) is 0 Å². The molecule has 0 unspecified atom stereocenters. The highest BCUT2D eigenvalue weighted by Crippen LogP contribution is 2.21. The smallest absolute Gasteiger partial charge is 0.336 e. The summed E-state index contributed by atoms with van der Waals surface area (Å²) >= 11 is 1.55. The Hall–Kier alpha value is -1.55. The minimum Gasteiger partial charge on any atom is -0.466 e. The van der Waals surface area contributed by atoms with Gasteiger partial charge >= 0.3 is 5.97 Å². The third-order valence-corrected chi connectivity index (χ3v) is 3.24. The Balaban J connectivity index is 2.20. The van der Waals surface area contributed by atoms with Gasteiger partial charge in [0.1, 0.15) is 5.04 Å². The summed E-state index contributed by atoms with van der Waals surface area (Å²) in [6.07, 6.45) is 1.59. The van der Waals surface area contributed by atoms with E-state index in [1.165, 1.54) is 7.11 Å². The summed E-state index contributed by atoms with van der Waals surface area (Å²) in [5.74, 6) is 0.309. The molecule has 0 saturated heterocycles. The molecule has 0 bridgehead atoms. The lowest BCUT2D eigenvalue weighted by atomic mass is 10.2. The molecule has 0 atom stereocenters. The van der Waals surface area contributed by atoms with Crippen LogP contribution in [0.5, 0.6) is 0 Å². The van der Waals surface area contributed by atoms with Crippen LogP contribution in [-0.2, 0) is 9.53 Å². The number of esters is 1. The number of carbonyl (C=O) groups is 1. The van der Waals surface area contributed by atoms with E-state index in [9.17, 15) is 4.79 Å². The van der Waals surface area contributed by atoms with Gasteiger partial charge in [0.05, 0.1) is 12.7 Å². The first-order valence-corrected chi connectivity index (χ1v) is 5.83. The number of hydrogen-bond donors (Lipinski definition) is 0. The molecule has 3 nitrogen and oxygen atoms in total. The zero-order chi connectivity index (χ0) is 11.4. The van der Waals surface area contributed by atoms with Crippen molar-refractivity contribution in [2.45, 2.75) is 0 Å². The molecule has 0 amide bonds. The largest absolute Gasteiger partial charge is 0.466 e. The van der Waals surface area contributed by atoms with E-state index in [1.54, 1.807) is 18.0 Å². The topological polar surface area (TPSA) is 38.7 Å². The van der Waals surface area contributed by atoms with E-state index in [-0.39, 0.29) is 5.97 Å². The van der Waals surface area contributed by atoms with E-state index in [0.29, 0.717) is 11.3 Å². The van der Waals surface area contributed by atoms with Crippen LogP contribution >= 0.6 is 11.8 Å². The van der Waals surface area contributed by atoms with Crippen LogP contribution in [0.15, 0.2) is 47.1 Å². The lowest BCUT2D eigenvalue weighted by Gasteiger charge is -2.11. The normalized spacial score (nSPS) is 15.1. The maximum absolute atomic E-state index is 11.2. The van der Waals surface area contributed by atoms with Gasteiger partial charge in [-0.15, -0.1) is 11.8 Å². The van der Waals surface area contributed by atoms with Gasteiger partial charge in [-0.05, 0) is 0 Å². The van der Waals surface area contributed by atoms with Gasteiger partial charge in [-0.25, -0.2) is 9.79 Å². The number of aliphatic imine (C=N–C) groups is 1. The molecule has 1 aliphatic heterocycles. The number of carbonyl (C=O) groups excluding carboxylic acids is 1. The van der Waals surface area contributed by atoms with E-state index in [1.807, 2.05) is 30.3 Å². The quantitative estimate of drug-likeness (QED) is 0.735. The minimum absolute atomic E-state index is 0.302. The van der Waals surface area contributed by atoms with Crippen molar-refractivity contribution in [2.75, 3.05) is 12.9 Å². The maximum atomic E-state index is 11.2. The van der Waals surface area contributed by atoms with E-state index >= 15 is 0 Å². The number of nitrogens with zero attached hydrogens (tertiary/aromatic N) is 1. The van der Waals surface area contributed by atoms with Crippen LogP contribution in [0.25, 0.3) is 0 Å². The number of ether oxygens (including phenoxy) is 1. The van der Waals surface area contributed by atoms with Gasteiger partial charge in [0.15, 0.2) is 0 Å². The zero-order valence-corrected chi connectivity index (χ0v) is 9.66. The maximum Gasteiger partial charge on any atom is 0.336 e. The molecule has 0 N–H and O–H groups in total. The van der Waals surface area contributed by atoms with E-state index in [4.69, 9.17) is 0 Å². The van der Waals surface area contributed by atoms with Crippen LogP contribution < -0.4 is 0 Å². The van der Waals surface area contributed by atoms with Gasteiger partial charge < -0.3 is 4.74 Å². The van der Waals surface area contributed by atoms with Crippen molar-refractivity contribution in [1.29, 1.82) is 0 Å². The summed E-state index contributed by atoms with van der Waals surface area (Å²) in [5, 5.41) is 0.938. The average Bonchev–Trinajstić information content (AvgIpc) is 2.39. The molecular weight excluding hydrogens is 222 g/mol. The van der Waals surface area contributed by atoms with Crippen molar-refractivity contribution >= 4 is 22.8 Å². The highest BCUT2D eigenvalue weighted by molar-refractivity contribution is 8.14. The first kappa shape index (κ1) is 11.0. The van der Waals surface area contributed by atoms with Crippen molar-refractivity contribution in [3.63, 3.8) is 0 Å². The van der Waals surface area contributed by atoms with Crippen LogP contribution in [0.4, 0.5) is 0 Å². The molecule has 1 aliphatic rings. The monoisotopic (exact) mass is 233 g/mol. The van der Waals surface area contributed by atoms with Crippen LogP contribution in [0, 0.1) is 0 Å². The van der Waals surface area contributed by atoms with Crippen molar-refractivity contribution in [2.24, 2.45) is 4.99 Å². The summed E-state index contributed by atoms with van der Waals surface area (Å²) in [7, 11) is 1.38. The average molecular weight is 233 g/mol. The molecule has 2 rings (SSSR count). The van der Waals surface area contributed by atoms with Crippen molar-refractivity contribution in [3.05, 3.63) is 47.7 Å². The van der Waals surface area contributed by atoms with Crippen LogP contribution in [0.2, 0.25) is 0 Å². The lowest BCUT2D eigenvalue weighted by Crippen LogP contribution is -2.11. The molecule has 0 aromatic heterocycles. The molecule has 16 heavy (non-hydrogen) atoms. The summed E-state index contributed by atoms with van der Waals surface area (Å²) in [6, 6.07) is 9.91. The number of methoxy groups -OCH3 is 1. The molecular formula is C12H11NO2S. The van der Waals surface area contributed by atoms with Gasteiger partial charge in [-0.1, -0.05) is 30.3 Å². The molecule has 0 radical (unpaired) electrons. The zero-order valence-electron chi connectivity index (χ0n) is 8.84. The minimum atomic E-state index is -0.302. The third kappa shape index (κ3) is 2.33. The van der Waals surface area contributed by atoms with Crippen LogP contribution in [-0.4, -0.2) is 23.9 Å². The van der Waals surface area contributed by atoms with Crippen molar-refractivity contribution in [3.8, 4) is 0 Å². The number of thioether (sulfide) groups is 1. The third-order valence-electron chi connectivity index (χ3n) is 2.17. The first-order chi connectivity index (χ1) is 7.81. The fraction of sp³-hybridized carbons (Fsp3) is 0.167. The van der Waals surface area contributed by atoms with Gasteiger partial charge in [-0.2, -0.15) is 0 Å². The summed E-state index contributed by atoms with van der Waals surface area (Å²) in [4.78, 5) is 15.5. The van der Waals surface area contributed by atoms with Gasteiger partial charge in [-0.3, -0.25) is 0 Å². The van der Waals surface area contributed by atoms with Gasteiger partial charge in [0.2, 0.25) is 0 Å². The Morgan fingerprint density at radius 2 is 2.12 bits per heavy atom. The number of rotatable bonds is 2. The first-order valence-electron chi connectivity index (χ1n) is 4.84. The summed E-state index contributed by atoms with van der Waals surface area (Å²) < 4.78 is 4.64. The fourth-order valence-corrected chi connectivity index (χ4v) is 2.25. The SMILES string of the molecule is COC(=O)C1=CN=C(c2ccccc2)SC1. The number of hydrogen-bond acceptors (Lipinski definition) is 4. The Morgan fingerprint density at radius 1 is 1.38 bits per heavy atom. The Labute approximate surface area is 98.2 Å². The van der Waals surface area contributed by atoms with Crippen LogP contribution in [0.1, 0.15) is 5.56 Å². The van der Waals surface area contributed by atoms with E-state index in [2.05, 4.69) is 9.73 Å². The van der Waals surface area contributed by atoms with Gasteiger partial charge in [0.25, 0.3) is 0 Å². The second-order valence-electron chi connectivity index (χ2n) is 3.23. The lowest BCUT2D eigenvalue weighted by molar-refractivity contribution is -0.135. The second-order valence-corrected chi connectivity index (χ2v) is 4.20. The van der Waals surface area contributed by atoms with E-state index < -0.39 is 0 Å². The molecule has 0 aliphatic carbocycles. The number of benzene rings is 1. The standard InChI is InChI=1S/C12H11NO2S/c1-15-12(14)10-7-13-11(16-8-10)9-5-3-2-4-6-9/h2-7H,8H2,1H3. The Morgan fingerprint density at radius 3 is 2.69 bits per heavy atom. The molecule has 1 heterocycles. The molecule has 0 fully saturated rings. The molecule has 0 spiro atoms. The van der Waals surface area contributed by atoms with Crippen LogP contribution in [0.3, 0.4) is 0 Å². The summed E-state index contributed by atoms with van der Waals surface area (Å²) in [5.41, 5.74) is 1.68. The molecule has 82 valence electrons. The van der Waals surface area contributed by atoms with E-state index in [0.717, 1.165) is 10.6 Å². The fourth-order valence-electron chi connectivity index (χ4n) is 1.34. The highest BCUT2D eigenvalue weighted by Gasteiger charge is 2.16. The summed E-state index contributed by atoms with van der Waals surface area (Å²) in [6.45, 7) is 0. The predicted octanol–water partition coefficient (Wildman–Crippen LogP) is 2.24. The molecule has 4 heteroatoms. The Kier molecular flexibility index (Phi) is 3.41. The molecule has 0 saturated carbocycles.